The van der Waals surface area contributed by atoms with Crippen molar-refractivity contribution in [2.45, 2.75) is 47.0 Å². The number of carbonyl (C=O) groups excluding carboxylic acids is 2. The molecule has 0 aromatic rings. The molecule has 1 rings (SSSR count). The predicted octanol–water partition coefficient (Wildman–Crippen LogP) is 2.92. The molecule has 2 heteroatoms. The Labute approximate surface area is 91.7 Å². The summed E-state index contributed by atoms with van der Waals surface area (Å²) in [6.45, 7) is 8.11. The fourth-order valence-corrected chi connectivity index (χ4v) is 1.86. The van der Waals surface area contributed by atoms with E-state index in [9.17, 15) is 9.59 Å². The zero-order chi connectivity index (χ0) is 11.6. The minimum absolute atomic E-state index is 0.0249. The number of ketones is 2. The van der Waals surface area contributed by atoms with E-state index in [-0.39, 0.29) is 17.0 Å². The molecule has 0 aromatic heterocycles. The van der Waals surface area contributed by atoms with Crippen molar-refractivity contribution in [3.05, 3.63) is 11.6 Å². The fraction of sp³-hybridized carbons (Fsp3) is 0.692. The van der Waals surface area contributed by atoms with E-state index in [2.05, 4.69) is 13.8 Å². The Hall–Kier alpha value is -0.920. The molecule has 2 nitrogen and oxygen atoms in total. The molecule has 1 saturated carbocycles. The zero-order valence-electron chi connectivity index (χ0n) is 10.1. The first kappa shape index (κ1) is 12.2. The molecule has 1 aliphatic carbocycles. The molecule has 1 aliphatic rings. The van der Waals surface area contributed by atoms with Gasteiger partial charge in [0.25, 0.3) is 0 Å². The van der Waals surface area contributed by atoms with Gasteiger partial charge >= 0.3 is 0 Å². The summed E-state index contributed by atoms with van der Waals surface area (Å²) in [7, 11) is 0. The first-order valence-electron chi connectivity index (χ1n) is 5.58. The number of carbonyl (C=O) groups is 2. The van der Waals surface area contributed by atoms with Crippen molar-refractivity contribution in [1.82, 2.24) is 0 Å². The summed E-state index contributed by atoms with van der Waals surface area (Å²) < 4.78 is 0. The Balaban J connectivity index is 2.80. The summed E-state index contributed by atoms with van der Waals surface area (Å²) >= 11 is 0. The van der Waals surface area contributed by atoms with Gasteiger partial charge in [-0.2, -0.15) is 0 Å². The lowest BCUT2D eigenvalue weighted by molar-refractivity contribution is -0.127. The number of allylic oxidation sites excluding steroid dienone is 2. The van der Waals surface area contributed by atoms with Gasteiger partial charge in [0.15, 0.2) is 11.6 Å². The molecule has 0 amide bonds. The Morgan fingerprint density at radius 1 is 1.20 bits per heavy atom. The zero-order valence-corrected chi connectivity index (χ0v) is 10.1. The second-order valence-corrected chi connectivity index (χ2v) is 5.61. The van der Waals surface area contributed by atoms with Gasteiger partial charge < -0.3 is 0 Å². The van der Waals surface area contributed by atoms with Crippen molar-refractivity contribution in [2.24, 2.45) is 11.3 Å². The monoisotopic (exact) mass is 208 g/mol. The first-order valence-corrected chi connectivity index (χ1v) is 5.58. The molecule has 84 valence electrons. The smallest absolute Gasteiger partial charge is 0.166 e. The van der Waals surface area contributed by atoms with Crippen LogP contribution < -0.4 is 0 Å². The van der Waals surface area contributed by atoms with Crippen LogP contribution in [0.4, 0.5) is 0 Å². The van der Waals surface area contributed by atoms with Gasteiger partial charge in [0.05, 0.1) is 5.57 Å². The highest BCUT2D eigenvalue weighted by Crippen LogP contribution is 2.33. The molecule has 0 atom stereocenters. The third kappa shape index (κ3) is 3.29. The summed E-state index contributed by atoms with van der Waals surface area (Å²) in [5.41, 5.74) is 0.298. The lowest BCUT2D eigenvalue weighted by atomic mass is 9.74. The van der Waals surface area contributed by atoms with Gasteiger partial charge in [-0.25, -0.2) is 0 Å². The highest BCUT2D eigenvalue weighted by atomic mass is 16.1. The molecule has 0 radical (unpaired) electrons. The van der Waals surface area contributed by atoms with Crippen LogP contribution in [0.5, 0.6) is 0 Å². The standard InChI is InChI=1S/C13H20O2/c1-9(2)5-6-10-11(14)7-13(3,4)8-12(10)15/h6,9H,5,7-8H2,1-4H3. The van der Waals surface area contributed by atoms with Crippen LogP contribution in [0.25, 0.3) is 0 Å². The van der Waals surface area contributed by atoms with Crippen molar-refractivity contribution in [1.29, 1.82) is 0 Å². The second-order valence-electron chi connectivity index (χ2n) is 5.61. The maximum atomic E-state index is 11.7. The number of hydrogen-bond acceptors (Lipinski definition) is 2. The van der Waals surface area contributed by atoms with Gasteiger partial charge in [-0.05, 0) is 17.8 Å². The van der Waals surface area contributed by atoms with E-state index >= 15 is 0 Å². The van der Waals surface area contributed by atoms with Gasteiger partial charge in [-0.3, -0.25) is 9.59 Å². The van der Waals surface area contributed by atoms with Gasteiger partial charge in [0, 0.05) is 12.8 Å². The topological polar surface area (TPSA) is 34.1 Å². The van der Waals surface area contributed by atoms with Crippen molar-refractivity contribution in [3.63, 3.8) is 0 Å². The molecular weight excluding hydrogens is 188 g/mol. The molecule has 0 heterocycles. The maximum Gasteiger partial charge on any atom is 0.166 e. The summed E-state index contributed by atoms with van der Waals surface area (Å²) in [6, 6.07) is 0. The van der Waals surface area contributed by atoms with Crippen LogP contribution >= 0.6 is 0 Å². The molecule has 1 fully saturated rings. The highest BCUT2D eigenvalue weighted by molar-refractivity contribution is 6.22. The van der Waals surface area contributed by atoms with Crippen LogP contribution in [0.2, 0.25) is 0 Å². The van der Waals surface area contributed by atoms with Gasteiger partial charge in [-0.15, -0.1) is 0 Å². The summed E-state index contributed by atoms with van der Waals surface area (Å²) in [5, 5.41) is 0. The van der Waals surface area contributed by atoms with Crippen LogP contribution in [0.3, 0.4) is 0 Å². The van der Waals surface area contributed by atoms with Crippen molar-refractivity contribution in [2.75, 3.05) is 0 Å². The largest absolute Gasteiger partial charge is 0.294 e. The van der Waals surface area contributed by atoms with E-state index in [1.165, 1.54) is 0 Å². The molecule has 0 spiro atoms. The molecule has 0 unspecified atom stereocenters. The first-order chi connectivity index (χ1) is 6.82. The van der Waals surface area contributed by atoms with Crippen molar-refractivity contribution < 1.29 is 9.59 Å². The molecule has 0 saturated heterocycles. The van der Waals surface area contributed by atoms with E-state index in [4.69, 9.17) is 0 Å². The van der Waals surface area contributed by atoms with E-state index in [0.29, 0.717) is 24.3 Å². The molecule has 0 aliphatic heterocycles. The van der Waals surface area contributed by atoms with Gasteiger partial charge in [0.2, 0.25) is 0 Å². The Morgan fingerprint density at radius 2 is 1.67 bits per heavy atom. The third-order valence-electron chi connectivity index (χ3n) is 2.67. The van der Waals surface area contributed by atoms with Crippen molar-refractivity contribution >= 4 is 11.6 Å². The molecule has 15 heavy (non-hydrogen) atoms. The quantitative estimate of drug-likeness (QED) is 0.516. The number of Topliss-reactive ketones (excluding diaryl/α,β-unsaturated/α-hetero) is 2. The van der Waals surface area contributed by atoms with E-state index < -0.39 is 0 Å². The minimum Gasteiger partial charge on any atom is -0.294 e. The summed E-state index contributed by atoms with van der Waals surface area (Å²) in [6.07, 6.45) is 3.64. The summed E-state index contributed by atoms with van der Waals surface area (Å²) in [5.74, 6) is 0.543. The van der Waals surface area contributed by atoms with Crippen molar-refractivity contribution in [3.8, 4) is 0 Å². The van der Waals surface area contributed by atoms with Crippen LogP contribution in [-0.4, -0.2) is 11.6 Å². The van der Waals surface area contributed by atoms with E-state index in [1.54, 1.807) is 0 Å². The van der Waals surface area contributed by atoms with Gasteiger partial charge in [-0.1, -0.05) is 33.8 Å². The minimum atomic E-state index is -0.149. The Morgan fingerprint density at radius 3 is 2.07 bits per heavy atom. The van der Waals surface area contributed by atoms with Crippen LogP contribution in [0, 0.1) is 11.3 Å². The van der Waals surface area contributed by atoms with E-state index in [1.807, 2.05) is 19.9 Å². The highest BCUT2D eigenvalue weighted by Gasteiger charge is 2.35. The average Bonchev–Trinajstić information content (AvgIpc) is 1.98. The number of hydrogen-bond donors (Lipinski definition) is 0. The Kier molecular flexibility index (Phi) is 3.48. The van der Waals surface area contributed by atoms with E-state index in [0.717, 1.165) is 6.42 Å². The van der Waals surface area contributed by atoms with Crippen LogP contribution in [0.15, 0.2) is 11.6 Å². The van der Waals surface area contributed by atoms with Gasteiger partial charge in [0.1, 0.15) is 0 Å². The Bertz CT molecular complexity index is 286. The normalized spacial score (nSPS) is 21.0. The molecule has 0 bridgehead atoms. The lowest BCUT2D eigenvalue weighted by Crippen LogP contribution is -2.31. The van der Waals surface area contributed by atoms with Crippen LogP contribution in [0.1, 0.15) is 47.0 Å². The average molecular weight is 208 g/mol. The predicted molar refractivity (Wildman–Crippen MR) is 60.6 cm³/mol. The fourth-order valence-electron chi connectivity index (χ4n) is 1.86. The molecule has 0 N–H and O–H groups in total. The molecular formula is C13H20O2. The SMILES string of the molecule is CC(C)CC=C1C(=O)CC(C)(C)CC1=O. The lowest BCUT2D eigenvalue weighted by Gasteiger charge is -2.28. The second kappa shape index (κ2) is 4.30. The maximum absolute atomic E-state index is 11.7. The summed E-state index contributed by atoms with van der Waals surface area (Å²) in [4.78, 5) is 23.5. The molecule has 0 aromatic carbocycles. The number of rotatable bonds is 2. The third-order valence-corrected chi connectivity index (χ3v) is 2.67. The van der Waals surface area contributed by atoms with Crippen LogP contribution in [-0.2, 0) is 9.59 Å².